The van der Waals surface area contributed by atoms with Crippen molar-refractivity contribution in [3.8, 4) is 17.0 Å². The molecule has 3 aromatic rings. The highest BCUT2D eigenvalue weighted by Gasteiger charge is 2.14. The van der Waals surface area contributed by atoms with Crippen molar-refractivity contribution in [1.29, 1.82) is 0 Å². The highest BCUT2D eigenvalue weighted by molar-refractivity contribution is 6.07. The van der Waals surface area contributed by atoms with E-state index in [9.17, 15) is 4.79 Å². The number of benzene rings is 2. The Morgan fingerprint density at radius 3 is 2.70 bits per heavy atom. The van der Waals surface area contributed by atoms with E-state index in [1.54, 1.807) is 7.11 Å². The van der Waals surface area contributed by atoms with E-state index < -0.39 is 0 Å². The second-order valence-corrected chi connectivity index (χ2v) is 6.87. The summed E-state index contributed by atoms with van der Waals surface area (Å²) >= 11 is 0. The molecule has 0 aliphatic rings. The molecular weight excluding hydrogens is 338 g/mol. The minimum atomic E-state index is -0.0843. The van der Waals surface area contributed by atoms with Gasteiger partial charge in [0, 0.05) is 24.0 Å². The molecule has 0 fully saturated rings. The lowest BCUT2D eigenvalue weighted by Gasteiger charge is -2.13. The minimum absolute atomic E-state index is 0.0843. The van der Waals surface area contributed by atoms with Crippen molar-refractivity contribution < 1.29 is 9.53 Å². The molecule has 1 heterocycles. The molecule has 0 saturated heterocycles. The summed E-state index contributed by atoms with van der Waals surface area (Å²) in [7, 11) is 5.61. The van der Waals surface area contributed by atoms with Gasteiger partial charge in [-0.25, -0.2) is 4.98 Å². The third-order valence-corrected chi connectivity index (χ3v) is 4.42. The largest absolute Gasteiger partial charge is 0.497 e. The Labute approximate surface area is 160 Å². The van der Waals surface area contributed by atoms with Crippen molar-refractivity contribution in [3.63, 3.8) is 0 Å². The van der Waals surface area contributed by atoms with Gasteiger partial charge in [-0.3, -0.25) is 4.79 Å². The van der Waals surface area contributed by atoms with E-state index >= 15 is 0 Å². The molecule has 27 heavy (non-hydrogen) atoms. The summed E-state index contributed by atoms with van der Waals surface area (Å²) in [5, 5.41) is 3.87. The van der Waals surface area contributed by atoms with Gasteiger partial charge in [0.25, 0.3) is 5.91 Å². The van der Waals surface area contributed by atoms with Crippen LogP contribution in [0.25, 0.3) is 22.2 Å². The van der Waals surface area contributed by atoms with Crippen LogP contribution < -0.4 is 10.1 Å². The molecule has 1 aromatic heterocycles. The highest BCUT2D eigenvalue weighted by atomic mass is 16.5. The number of carbonyl (C=O) groups is 1. The fourth-order valence-corrected chi connectivity index (χ4v) is 2.95. The van der Waals surface area contributed by atoms with Gasteiger partial charge in [0.15, 0.2) is 0 Å². The fourth-order valence-electron chi connectivity index (χ4n) is 2.95. The first-order valence-electron chi connectivity index (χ1n) is 8.96. The molecule has 0 radical (unpaired) electrons. The number of aryl methyl sites for hydroxylation is 1. The van der Waals surface area contributed by atoms with Crippen LogP contribution in [0.15, 0.2) is 48.5 Å². The molecule has 5 heteroatoms. The lowest BCUT2D eigenvalue weighted by atomic mass is 10.0. The molecule has 1 N–H and O–H groups in total. The third-order valence-electron chi connectivity index (χ3n) is 4.42. The lowest BCUT2D eigenvalue weighted by molar-refractivity contribution is 0.0952. The van der Waals surface area contributed by atoms with Gasteiger partial charge in [-0.2, -0.15) is 0 Å². The number of amides is 1. The van der Waals surface area contributed by atoms with Crippen LogP contribution in [0, 0.1) is 6.92 Å². The maximum Gasteiger partial charge on any atom is 0.252 e. The fraction of sp³-hybridized carbons (Fsp3) is 0.273. The first-order chi connectivity index (χ1) is 13.0. The Morgan fingerprint density at radius 1 is 1.15 bits per heavy atom. The number of pyridine rings is 1. The summed E-state index contributed by atoms with van der Waals surface area (Å²) in [6.45, 7) is 3.40. The number of nitrogens with one attached hydrogen (secondary N) is 1. The quantitative estimate of drug-likeness (QED) is 0.728. The van der Waals surface area contributed by atoms with Crippen molar-refractivity contribution in [2.75, 3.05) is 34.3 Å². The summed E-state index contributed by atoms with van der Waals surface area (Å²) in [5.41, 5.74) is 4.21. The number of carbonyl (C=O) groups excluding carboxylic acids is 1. The number of hydrogen-bond acceptors (Lipinski definition) is 4. The number of methoxy groups -OCH3 is 1. The van der Waals surface area contributed by atoms with Gasteiger partial charge in [-0.05, 0) is 51.4 Å². The molecule has 0 aliphatic heterocycles. The van der Waals surface area contributed by atoms with Crippen molar-refractivity contribution in [2.24, 2.45) is 0 Å². The van der Waals surface area contributed by atoms with E-state index in [4.69, 9.17) is 9.72 Å². The van der Waals surface area contributed by atoms with E-state index in [0.29, 0.717) is 12.1 Å². The van der Waals surface area contributed by atoms with E-state index in [1.165, 1.54) is 0 Å². The van der Waals surface area contributed by atoms with Crippen LogP contribution in [-0.4, -0.2) is 50.1 Å². The smallest absolute Gasteiger partial charge is 0.252 e. The number of aromatic nitrogens is 1. The topological polar surface area (TPSA) is 54.5 Å². The molecule has 1 amide bonds. The van der Waals surface area contributed by atoms with Crippen molar-refractivity contribution >= 4 is 16.8 Å². The summed E-state index contributed by atoms with van der Waals surface area (Å²) in [4.78, 5) is 19.7. The first kappa shape index (κ1) is 18.9. The maximum absolute atomic E-state index is 12.9. The Balaban J connectivity index is 2.06. The number of likely N-dealkylation sites (N-methyl/N-ethyl adjacent to an activating group) is 1. The zero-order valence-corrected chi connectivity index (χ0v) is 16.2. The van der Waals surface area contributed by atoms with Gasteiger partial charge in [0.05, 0.1) is 23.9 Å². The van der Waals surface area contributed by atoms with Crippen LogP contribution in [0.5, 0.6) is 5.75 Å². The predicted molar refractivity (Wildman–Crippen MR) is 109 cm³/mol. The van der Waals surface area contributed by atoms with Crippen LogP contribution in [0.3, 0.4) is 0 Å². The van der Waals surface area contributed by atoms with Crippen LogP contribution >= 0.6 is 0 Å². The van der Waals surface area contributed by atoms with E-state index in [-0.39, 0.29) is 5.91 Å². The lowest BCUT2D eigenvalue weighted by Crippen LogP contribution is -2.31. The highest BCUT2D eigenvalue weighted by Crippen LogP contribution is 2.27. The van der Waals surface area contributed by atoms with E-state index in [0.717, 1.165) is 40.0 Å². The van der Waals surface area contributed by atoms with Gasteiger partial charge in [-0.1, -0.05) is 23.8 Å². The summed E-state index contributed by atoms with van der Waals surface area (Å²) in [6.07, 6.45) is 0. The van der Waals surface area contributed by atoms with Crippen molar-refractivity contribution in [2.45, 2.75) is 6.92 Å². The van der Waals surface area contributed by atoms with Crippen LogP contribution in [0.2, 0.25) is 0 Å². The van der Waals surface area contributed by atoms with E-state index in [1.807, 2.05) is 74.4 Å². The monoisotopic (exact) mass is 363 g/mol. The number of hydrogen-bond donors (Lipinski definition) is 1. The second kappa shape index (κ2) is 8.18. The molecule has 0 unspecified atom stereocenters. The Bertz CT molecular complexity index is 967. The van der Waals surface area contributed by atoms with Gasteiger partial charge >= 0.3 is 0 Å². The van der Waals surface area contributed by atoms with Crippen LogP contribution in [0.4, 0.5) is 0 Å². The molecule has 5 nitrogen and oxygen atoms in total. The van der Waals surface area contributed by atoms with E-state index in [2.05, 4.69) is 5.32 Å². The van der Waals surface area contributed by atoms with Crippen molar-refractivity contribution in [1.82, 2.24) is 15.2 Å². The van der Waals surface area contributed by atoms with Crippen molar-refractivity contribution in [3.05, 3.63) is 59.7 Å². The predicted octanol–water partition coefficient (Wildman–Crippen LogP) is 3.51. The Morgan fingerprint density at radius 2 is 1.96 bits per heavy atom. The number of ether oxygens (including phenoxy) is 1. The molecule has 0 spiro atoms. The average Bonchev–Trinajstić information content (AvgIpc) is 2.66. The Hall–Kier alpha value is -2.92. The standard InChI is InChI=1S/C22H25N3O2/c1-15-8-9-20-18(12-15)19(22(26)23-10-11-25(2)3)14-21(24-20)16-6-5-7-17(13-16)27-4/h5-9,12-14H,10-11H2,1-4H3,(H,23,26). The van der Waals surface area contributed by atoms with Gasteiger partial charge in [-0.15, -0.1) is 0 Å². The third kappa shape index (κ3) is 4.44. The SMILES string of the molecule is COc1cccc(-c2cc(C(=O)NCCN(C)C)c3cc(C)ccc3n2)c1. The number of nitrogens with zero attached hydrogens (tertiary/aromatic N) is 2. The van der Waals surface area contributed by atoms with Crippen LogP contribution in [0.1, 0.15) is 15.9 Å². The minimum Gasteiger partial charge on any atom is -0.497 e. The molecule has 2 aromatic carbocycles. The molecule has 0 saturated carbocycles. The zero-order valence-electron chi connectivity index (χ0n) is 16.2. The number of fused-ring (bicyclic) bond motifs is 1. The molecule has 0 atom stereocenters. The first-order valence-corrected chi connectivity index (χ1v) is 8.96. The second-order valence-electron chi connectivity index (χ2n) is 6.87. The number of rotatable bonds is 6. The molecule has 3 rings (SSSR count). The summed E-state index contributed by atoms with van der Waals surface area (Å²) < 4.78 is 5.32. The zero-order chi connectivity index (χ0) is 19.4. The van der Waals surface area contributed by atoms with Gasteiger partial charge in [0.2, 0.25) is 0 Å². The Kier molecular flexibility index (Phi) is 5.72. The van der Waals surface area contributed by atoms with Crippen LogP contribution in [-0.2, 0) is 0 Å². The molecule has 0 bridgehead atoms. The molecule has 0 aliphatic carbocycles. The summed E-state index contributed by atoms with van der Waals surface area (Å²) in [5.74, 6) is 0.675. The van der Waals surface area contributed by atoms with Gasteiger partial charge < -0.3 is 15.0 Å². The molecular formula is C22H25N3O2. The summed E-state index contributed by atoms with van der Waals surface area (Å²) in [6, 6.07) is 15.6. The maximum atomic E-state index is 12.9. The van der Waals surface area contributed by atoms with Gasteiger partial charge in [0.1, 0.15) is 5.75 Å². The normalized spacial score (nSPS) is 11.0. The molecule has 140 valence electrons. The average molecular weight is 363 g/mol.